The molecule has 3 aliphatic rings. The van der Waals surface area contributed by atoms with Crippen LogP contribution in [0, 0.1) is 0 Å². The number of carbonyl (C=O) groups excluding carboxylic acids is 1. The highest BCUT2D eigenvalue weighted by Gasteiger charge is 2.37. The topological polar surface area (TPSA) is 86.3 Å². The lowest BCUT2D eigenvalue weighted by atomic mass is 9.90. The SMILES string of the molecule is CC1=CC=CC2CC1=CC([C@H]1c3nc[nH]c3CCN1c1ncccc1C(=O)Nc1ccccc1)=N2. The molecule has 1 unspecified atom stereocenters. The Labute approximate surface area is 204 Å². The minimum atomic E-state index is -0.236. The third-order valence-corrected chi connectivity index (χ3v) is 6.79. The molecule has 1 amide bonds. The zero-order valence-electron chi connectivity index (χ0n) is 19.5. The molecule has 0 spiro atoms. The Morgan fingerprint density at radius 2 is 2.03 bits per heavy atom. The predicted molar refractivity (Wildman–Crippen MR) is 138 cm³/mol. The Kier molecular flexibility index (Phi) is 5.37. The summed E-state index contributed by atoms with van der Waals surface area (Å²) >= 11 is 0. The van der Waals surface area contributed by atoms with Gasteiger partial charge in [-0.2, -0.15) is 0 Å². The minimum Gasteiger partial charge on any atom is -0.348 e. The average molecular weight is 463 g/mol. The standard InChI is InChI=1S/C28H26N6O/c1-18-7-5-10-21-15-19(18)16-24(32-21)26-25-23(30-17-31-25)12-14-34(26)27-22(11-6-13-29-27)28(35)33-20-8-3-2-4-9-20/h2-11,13,16-17,21,26H,12,14-15H2,1H3,(H,30,31)(H,33,35)/t21?,26-/m0/s1. The van der Waals surface area contributed by atoms with Crippen LogP contribution in [0.1, 0.15) is 41.1 Å². The van der Waals surface area contributed by atoms with Gasteiger partial charge in [-0.3, -0.25) is 9.79 Å². The van der Waals surface area contributed by atoms with Gasteiger partial charge in [-0.1, -0.05) is 36.4 Å². The number of benzene rings is 1. The van der Waals surface area contributed by atoms with Crippen molar-refractivity contribution in [2.24, 2.45) is 4.99 Å². The van der Waals surface area contributed by atoms with E-state index in [4.69, 9.17) is 15.0 Å². The summed E-state index contributed by atoms with van der Waals surface area (Å²) < 4.78 is 0. The second-order valence-electron chi connectivity index (χ2n) is 9.04. The van der Waals surface area contributed by atoms with Crippen LogP contribution in [0.3, 0.4) is 0 Å². The zero-order valence-corrected chi connectivity index (χ0v) is 19.5. The second kappa shape index (κ2) is 8.83. The molecular formula is C28H26N6O. The maximum absolute atomic E-state index is 13.3. The largest absolute Gasteiger partial charge is 0.348 e. The minimum absolute atomic E-state index is 0.0921. The highest BCUT2D eigenvalue weighted by molar-refractivity contribution is 6.09. The molecule has 1 aliphatic carbocycles. The molecule has 2 atom stereocenters. The van der Waals surface area contributed by atoms with Crippen LogP contribution >= 0.6 is 0 Å². The molecule has 6 rings (SSSR count). The van der Waals surface area contributed by atoms with Gasteiger partial charge in [0.25, 0.3) is 5.91 Å². The summed E-state index contributed by atoms with van der Waals surface area (Å²) in [6.07, 6.45) is 13.8. The number of hydrogen-bond donors (Lipinski definition) is 2. The predicted octanol–water partition coefficient (Wildman–Crippen LogP) is 4.82. The molecule has 3 aromatic rings. The van der Waals surface area contributed by atoms with Crippen LogP contribution in [0.4, 0.5) is 11.5 Å². The monoisotopic (exact) mass is 462 g/mol. The van der Waals surface area contributed by atoms with Crippen LogP contribution in [0.15, 0.2) is 95.4 Å². The molecule has 0 radical (unpaired) electrons. The number of allylic oxidation sites excluding steroid dienone is 3. The number of hydrogen-bond acceptors (Lipinski definition) is 5. The Morgan fingerprint density at radius 3 is 2.91 bits per heavy atom. The van der Waals surface area contributed by atoms with Gasteiger partial charge in [0.2, 0.25) is 0 Å². The molecule has 7 heteroatoms. The summed E-state index contributed by atoms with van der Waals surface area (Å²) in [5, 5.41) is 3.01. The number of aliphatic imine (C=N–C) groups is 1. The summed E-state index contributed by atoms with van der Waals surface area (Å²) in [4.78, 5) is 33.3. The molecule has 0 fully saturated rings. The fraction of sp³-hybridized carbons (Fsp3) is 0.214. The number of aromatic amines is 1. The lowest BCUT2D eigenvalue weighted by molar-refractivity contribution is 0.102. The number of para-hydroxylation sites is 1. The van der Waals surface area contributed by atoms with Gasteiger partial charge in [-0.15, -0.1) is 0 Å². The highest BCUT2D eigenvalue weighted by Crippen LogP contribution is 2.37. The molecule has 2 N–H and O–H groups in total. The third-order valence-electron chi connectivity index (χ3n) is 6.79. The number of H-pyrrole nitrogens is 1. The number of carbonyl (C=O) groups is 1. The molecule has 0 saturated carbocycles. The molecule has 174 valence electrons. The van der Waals surface area contributed by atoms with E-state index in [9.17, 15) is 4.79 Å². The molecule has 2 aliphatic heterocycles. The smallest absolute Gasteiger partial charge is 0.259 e. The van der Waals surface area contributed by atoms with Gasteiger partial charge in [0.15, 0.2) is 0 Å². The Hall–Kier alpha value is -4.26. The molecule has 2 bridgehead atoms. The number of dihydropyridines is 1. The van der Waals surface area contributed by atoms with Gasteiger partial charge in [-0.05, 0) is 54.8 Å². The molecule has 1 aromatic carbocycles. The van der Waals surface area contributed by atoms with E-state index < -0.39 is 0 Å². The van der Waals surface area contributed by atoms with Crippen LogP contribution in [-0.2, 0) is 6.42 Å². The molecular weight excluding hydrogens is 436 g/mol. The fourth-order valence-corrected chi connectivity index (χ4v) is 5.04. The van der Waals surface area contributed by atoms with E-state index in [-0.39, 0.29) is 18.0 Å². The molecule has 0 saturated heterocycles. The lowest BCUT2D eigenvalue weighted by Crippen LogP contribution is -2.42. The van der Waals surface area contributed by atoms with E-state index in [1.54, 1.807) is 18.6 Å². The summed E-state index contributed by atoms with van der Waals surface area (Å²) in [5.41, 5.74) is 6.81. The van der Waals surface area contributed by atoms with Crippen molar-refractivity contribution in [3.8, 4) is 0 Å². The molecule has 4 heterocycles. The summed E-state index contributed by atoms with van der Waals surface area (Å²) in [7, 11) is 0. The van der Waals surface area contributed by atoms with Crippen molar-refractivity contribution < 1.29 is 4.79 Å². The number of nitrogens with one attached hydrogen (secondary N) is 2. The highest BCUT2D eigenvalue weighted by atomic mass is 16.1. The first-order valence-electron chi connectivity index (χ1n) is 11.9. The number of anilines is 2. The maximum atomic E-state index is 13.3. The van der Waals surface area contributed by atoms with Crippen molar-refractivity contribution in [3.63, 3.8) is 0 Å². The number of rotatable bonds is 4. The van der Waals surface area contributed by atoms with Crippen molar-refractivity contribution in [1.29, 1.82) is 0 Å². The quantitative estimate of drug-likeness (QED) is 0.582. The van der Waals surface area contributed by atoms with Gasteiger partial charge in [0.1, 0.15) is 11.9 Å². The first-order valence-corrected chi connectivity index (χ1v) is 11.9. The number of amides is 1. The number of nitrogens with zero attached hydrogens (tertiary/aromatic N) is 4. The van der Waals surface area contributed by atoms with Crippen molar-refractivity contribution in [2.75, 3.05) is 16.8 Å². The van der Waals surface area contributed by atoms with E-state index in [1.165, 1.54) is 11.1 Å². The van der Waals surface area contributed by atoms with E-state index >= 15 is 0 Å². The summed E-state index contributed by atoms with van der Waals surface area (Å²) in [5.74, 6) is 0.447. The van der Waals surface area contributed by atoms with Crippen molar-refractivity contribution >= 4 is 23.1 Å². The van der Waals surface area contributed by atoms with E-state index in [0.29, 0.717) is 17.9 Å². The van der Waals surface area contributed by atoms with Gasteiger partial charge in [0.05, 0.1) is 29.3 Å². The molecule has 2 aromatic heterocycles. The van der Waals surface area contributed by atoms with Crippen molar-refractivity contribution in [1.82, 2.24) is 15.0 Å². The normalized spacial score (nSPS) is 20.8. The first-order chi connectivity index (χ1) is 17.2. The van der Waals surface area contributed by atoms with Gasteiger partial charge < -0.3 is 15.2 Å². The Balaban J connectivity index is 1.43. The van der Waals surface area contributed by atoms with E-state index in [2.05, 4.69) is 46.4 Å². The Morgan fingerprint density at radius 1 is 1.14 bits per heavy atom. The van der Waals surface area contributed by atoms with Crippen LogP contribution in [-0.4, -0.2) is 39.2 Å². The maximum Gasteiger partial charge on any atom is 0.259 e. The van der Waals surface area contributed by atoms with Gasteiger partial charge in [-0.25, -0.2) is 9.97 Å². The van der Waals surface area contributed by atoms with Crippen LogP contribution < -0.4 is 10.2 Å². The van der Waals surface area contributed by atoms with Crippen molar-refractivity contribution in [3.05, 3.63) is 107 Å². The average Bonchev–Trinajstić information content (AvgIpc) is 3.33. The van der Waals surface area contributed by atoms with Crippen LogP contribution in [0.25, 0.3) is 0 Å². The van der Waals surface area contributed by atoms with E-state index in [0.717, 1.165) is 35.6 Å². The van der Waals surface area contributed by atoms with Gasteiger partial charge in [0, 0.05) is 30.5 Å². The lowest BCUT2D eigenvalue weighted by Gasteiger charge is -2.38. The summed E-state index contributed by atoms with van der Waals surface area (Å²) in [6, 6.07) is 13.0. The van der Waals surface area contributed by atoms with Gasteiger partial charge >= 0.3 is 0 Å². The number of pyridine rings is 1. The number of fused-ring (bicyclic) bond motifs is 3. The first kappa shape index (κ1) is 21.3. The Bertz CT molecular complexity index is 1400. The number of imidazole rings is 1. The van der Waals surface area contributed by atoms with Crippen LogP contribution in [0.2, 0.25) is 0 Å². The zero-order chi connectivity index (χ0) is 23.8. The van der Waals surface area contributed by atoms with Crippen molar-refractivity contribution in [2.45, 2.75) is 31.8 Å². The second-order valence-corrected chi connectivity index (χ2v) is 9.04. The third kappa shape index (κ3) is 3.99. The van der Waals surface area contributed by atoms with E-state index in [1.807, 2.05) is 36.4 Å². The molecule has 35 heavy (non-hydrogen) atoms. The summed E-state index contributed by atoms with van der Waals surface area (Å²) in [6.45, 7) is 2.84. The fourth-order valence-electron chi connectivity index (χ4n) is 5.04. The number of aromatic nitrogens is 3. The van der Waals surface area contributed by atoms with Crippen LogP contribution in [0.5, 0.6) is 0 Å². The molecule has 7 nitrogen and oxygen atoms in total.